The number of carbonyl (C=O) groups excluding carboxylic acids is 2. The predicted molar refractivity (Wildman–Crippen MR) is 140 cm³/mol. The number of nitrogens with zero attached hydrogens (tertiary/aromatic N) is 4. The fourth-order valence-corrected chi connectivity index (χ4v) is 5.76. The van der Waals surface area contributed by atoms with Crippen LogP contribution in [0.2, 0.25) is 10.0 Å². The number of amides is 1. The maximum atomic E-state index is 12.9. The van der Waals surface area contributed by atoms with Gasteiger partial charge in [-0.15, -0.1) is 10.2 Å². The van der Waals surface area contributed by atoms with Gasteiger partial charge in [0.05, 0.1) is 11.6 Å². The molecule has 0 unspecified atom stereocenters. The van der Waals surface area contributed by atoms with Gasteiger partial charge in [-0.25, -0.2) is 17.9 Å². The van der Waals surface area contributed by atoms with Crippen LogP contribution in [0.15, 0.2) is 38.3 Å². The Labute approximate surface area is 230 Å². The van der Waals surface area contributed by atoms with E-state index in [-0.39, 0.29) is 39.6 Å². The van der Waals surface area contributed by atoms with Gasteiger partial charge < -0.3 is 9.64 Å². The summed E-state index contributed by atoms with van der Waals surface area (Å²) in [5.74, 6) is -1.40. The lowest BCUT2D eigenvalue weighted by Crippen LogP contribution is -2.44. The van der Waals surface area contributed by atoms with Gasteiger partial charge in [-0.3, -0.25) is 23.9 Å². The van der Waals surface area contributed by atoms with E-state index in [0.29, 0.717) is 10.6 Å². The molecule has 13 nitrogen and oxygen atoms in total. The minimum atomic E-state index is -4.13. The van der Waals surface area contributed by atoms with Crippen LogP contribution < -0.4 is 16.0 Å². The number of aryl methyl sites for hydroxylation is 1. The van der Waals surface area contributed by atoms with Gasteiger partial charge in [-0.2, -0.15) is 0 Å². The first-order valence-electron chi connectivity index (χ1n) is 10.9. The fourth-order valence-electron chi connectivity index (χ4n) is 3.10. The molecule has 0 saturated heterocycles. The quantitative estimate of drug-likeness (QED) is 0.303. The Bertz CT molecular complexity index is 1570. The van der Waals surface area contributed by atoms with Crippen molar-refractivity contribution in [3.8, 4) is 10.6 Å². The molecule has 38 heavy (non-hydrogen) atoms. The van der Waals surface area contributed by atoms with Crippen LogP contribution in [-0.2, 0) is 30.9 Å². The van der Waals surface area contributed by atoms with Gasteiger partial charge in [-0.1, -0.05) is 34.5 Å². The minimum absolute atomic E-state index is 0.0725. The lowest BCUT2D eigenvalue weighted by Gasteiger charge is -2.22. The molecule has 3 rings (SSSR count). The average Bonchev–Trinajstić information content (AvgIpc) is 3.33. The lowest BCUT2D eigenvalue weighted by atomic mass is 10.2. The molecule has 0 saturated carbocycles. The SMILES string of the molecule is CCOC(=O)CN(CCNS(=O)(=O)c1nnc(-c2ccc(Cl)cc2Cl)s1)C(=O)Cn1cc(C)c(=O)[nH]c1=O. The highest BCUT2D eigenvalue weighted by atomic mass is 35.5. The van der Waals surface area contributed by atoms with Crippen LogP contribution in [0.4, 0.5) is 0 Å². The van der Waals surface area contributed by atoms with Crippen LogP contribution in [0.25, 0.3) is 10.6 Å². The summed E-state index contributed by atoms with van der Waals surface area (Å²) < 4.78 is 33.4. The van der Waals surface area contributed by atoms with Crippen LogP contribution >= 0.6 is 34.5 Å². The number of aromatic amines is 1. The van der Waals surface area contributed by atoms with E-state index in [1.54, 1.807) is 19.1 Å². The molecule has 0 spiro atoms. The Hall–Kier alpha value is -3.11. The molecule has 17 heteroatoms. The number of H-pyrrole nitrogens is 1. The average molecular weight is 605 g/mol. The van der Waals surface area contributed by atoms with E-state index in [1.807, 2.05) is 0 Å². The molecule has 0 fully saturated rings. The van der Waals surface area contributed by atoms with Gasteiger partial charge in [0, 0.05) is 35.4 Å². The van der Waals surface area contributed by atoms with Gasteiger partial charge in [0.15, 0.2) is 0 Å². The molecule has 0 aliphatic carbocycles. The van der Waals surface area contributed by atoms with Crippen molar-refractivity contribution in [2.45, 2.75) is 24.7 Å². The van der Waals surface area contributed by atoms with E-state index in [9.17, 15) is 27.6 Å². The van der Waals surface area contributed by atoms with Crippen LogP contribution in [0.5, 0.6) is 0 Å². The maximum Gasteiger partial charge on any atom is 0.328 e. The van der Waals surface area contributed by atoms with Crippen molar-refractivity contribution in [1.29, 1.82) is 0 Å². The van der Waals surface area contributed by atoms with Gasteiger partial charge in [0.1, 0.15) is 18.1 Å². The summed E-state index contributed by atoms with van der Waals surface area (Å²) in [4.78, 5) is 51.7. The largest absolute Gasteiger partial charge is 0.465 e. The molecule has 2 aromatic heterocycles. The van der Waals surface area contributed by atoms with Crippen molar-refractivity contribution >= 4 is 56.4 Å². The monoisotopic (exact) mass is 604 g/mol. The molecule has 0 atom stereocenters. The number of aromatic nitrogens is 4. The normalized spacial score (nSPS) is 11.4. The third kappa shape index (κ3) is 7.48. The molecule has 2 heterocycles. The first-order valence-corrected chi connectivity index (χ1v) is 14.0. The third-order valence-electron chi connectivity index (χ3n) is 4.94. The molecule has 0 bridgehead atoms. The van der Waals surface area contributed by atoms with Crippen LogP contribution in [0, 0.1) is 6.92 Å². The Morgan fingerprint density at radius 1 is 1.24 bits per heavy atom. The number of benzene rings is 1. The number of nitrogens with one attached hydrogen (secondary N) is 2. The number of ether oxygens (including phenoxy) is 1. The van der Waals surface area contributed by atoms with E-state index in [0.717, 1.165) is 20.8 Å². The number of carbonyl (C=O) groups is 2. The lowest BCUT2D eigenvalue weighted by molar-refractivity contribution is -0.149. The van der Waals surface area contributed by atoms with Gasteiger partial charge in [-0.05, 0) is 32.0 Å². The van der Waals surface area contributed by atoms with E-state index in [1.165, 1.54) is 19.2 Å². The first-order chi connectivity index (χ1) is 17.9. The Kier molecular flexibility index (Phi) is 9.78. The van der Waals surface area contributed by atoms with Crippen LogP contribution in [-0.4, -0.2) is 71.2 Å². The summed E-state index contributed by atoms with van der Waals surface area (Å²) in [7, 11) is -4.13. The molecular weight excluding hydrogens is 583 g/mol. The zero-order valence-electron chi connectivity index (χ0n) is 20.1. The second-order valence-electron chi connectivity index (χ2n) is 7.71. The predicted octanol–water partition coefficient (Wildman–Crippen LogP) is 1.04. The molecule has 204 valence electrons. The summed E-state index contributed by atoms with van der Waals surface area (Å²) in [6.45, 7) is 1.63. The van der Waals surface area contributed by atoms with Gasteiger partial charge >= 0.3 is 11.7 Å². The number of esters is 1. The Morgan fingerprint density at radius 3 is 2.66 bits per heavy atom. The minimum Gasteiger partial charge on any atom is -0.465 e. The van der Waals surface area contributed by atoms with Crippen molar-refractivity contribution in [1.82, 2.24) is 29.4 Å². The van der Waals surface area contributed by atoms with E-state index in [4.69, 9.17) is 27.9 Å². The fraction of sp³-hybridized carbons (Fsp3) is 0.333. The van der Waals surface area contributed by atoms with Gasteiger partial charge in [0.2, 0.25) is 10.2 Å². The highest BCUT2D eigenvalue weighted by Gasteiger charge is 2.24. The van der Waals surface area contributed by atoms with E-state index >= 15 is 0 Å². The van der Waals surface area contributed by atoms with Crippen molar-refractivity contribution in [3.63, 3.8) is 0 Å². The number of rotatable bonds is 11. The van der Waals surface area contributed by atoms with E-state index in [2.05, 4.69) is 19.9 Å². The Morgan fingerprint density at radius 2 is 1.97 bits per heavy atom. The smallest absolute Gasteiger partial charge is 0.328 e. The summed E-state index contributed by atoms with van der Waals surface area (Å²) >= 11 is 12.8. The number of hydrogen-bond donors (Lipinski definition) is 2. The topological polar surface area (TPSA) is 173 Å². The molecule has 1 amide bonds. The summed E-state index contributed by atoms with van der Waals surface area (Å²) in [6.07, 6.45) is 1.21. The van der Waals surface area contributed by atoms with Crippen molar-refractivity contribution in [2.24, 2.45) is 0 Å². The third-order valence-corrected chi connectivity index (χ3v) is 8.28. The number of halogens is 2. The van der Waals surface area contributed by atoms with Crippen LogP contribution in [0.1, 0.15) is 12.5 Å². The molecule has 3 aromatic rings. The highest BCUT2D eigenvalue weighted by Crippen LogP contribution is 2.33. The molecule has 1 aromatic carbocycles. The van der Waals surface area contributed by atoms with E-state index < -0.39 is 46.2 Å². The van der Waals surface area contributed by atoms with Crippen molar-refractivity contribution in [3.05, 3.63) is 60.8 Å². The summed E-state index contributed by atoms with van der Waals surface area (Å²) in [5, 5.41) is 8.53. The number of sulfonamides is 1. The van der Waals surface area contributed by atoms with Crippen molar-refractivity contribution < 1.29 is 22.7 Å². The molecule has 0 aliphatic heterocycles. The Balaban J connectivity index is 1.72. The maximum absolute atomic E-state index is 12.9. The second kappa shape index (κ2) is 12.6. The van der Waals surface area contributed by atoms with Crippen LogP contribution in [0.3, 0.4) is 0 Å². The molecule has 0 radical (unpaired) electrons. The zero-order valence-corrected chi connectivity index (χ0v) is 23.2. The van der Waals surface area contributed by atoms with Gasteiger partial charge in [0.25, 0.3) is 15.6 Å². The standard InChI is InChI=1S/C21H22Cl2N6O7S2/c1-3-36-17(31)11-28(16(30)10-29-9-12(2)18(32)25-20(29)33)7-6-24-38(34,35)21-27-26-19(37-21)14-5-4-13(22)8-15(14)23/h4-5,8-9,24H,3,6-7,10-11H2,1-2H3,(H,25,32,33). The number of hydrogen-bond acceptors (Lipinski definition) is 10. The summed E-state index contributed by atoms with van der Waals surface area (Å²) in [6, 6.07) is 4.65. The van der Waals surface area contributed by atoms with Crippen molar-refractivity contribution in [2.75, 3.05) is 26.2 Å². The summed E-state index contributed by atoms with van der Waals surface area (Å²) in [5.41, 5.74) is -0.736. The zero-order chi connectivity index (χ0) is 28.0. The molecule has 2 N–H and O–H groups in total. The second-order valence-corrected chi connectivity index (χ2v) is 11.5. The molecule has 0 aliphatic rings. The molecular formula is C21H22Cl2N6O7S2. The highest BCUT2D eigenvalue weighted by molar-refractivity contribution is 7.91. The first kappa shape index (κ1) is 29.4.